The van der Waals surface area contributed by atoms with Gasteiger partial charge in [0.2, 0.25) is 5.91 Å². The first kappa shape index (κ1) is 10.6. The summed E-state index contributed by atoms with van der Waals surface area (Å²) in [5, 5.41) is 0. The molecule has 2 N–H and O–H groups in total. The van der Waals surface area contributed by atoms with E-state index < -0.39 is 5.91 Å². The van der Waals surface area contributed by atoms with Crippen molar-refractivity contribution in [1.82, 2.24) is 9.88 Å². The van der Waals surface area contributed by atoms with Crippen molar-refractivity contribution in [3.8, 4) is 0 Å². The highest BCUT2D eigenvalue weighted by Gasteiger charge is 2.30. The summed E-state index contributed by atoms with van der Waals surface area (Å²) >= 11 is 0. The number of nitrogens with zero attached hydrogens (tertiary/aromatic N) is 2. The van der Waals surface area contributed by atoms with E-state index in [4.69, 9.17) is 5.73 Å². The maximum absolute atomic E-state index is 11.9. The average molecular weight is 219 g/mol. The molecule has 1 aliphatic carbocycles. The first-order valence-electron chi connectivity index (χ1n) is 5.12. The first-order valence-corrected chi connectivity index (χ1v) is 5.12. The minimum atomic E-state index is -0.540. The molecule has 0 unspecified atom stereocenters. The fourth-order valence-electron chi connectivity index (χ4n) is 1.47. The zero-order valence-corrected chi connectivity index (χ0v) is 9.01. The summed E-state index contributed by atoms with van der Waals surface area (Å²) in [7, 11) is 1.77. The molecule has 0 radical (unpaired) electrons. The lowest BCUT2D eigenvalue weighted by Crippen LogP contribution is -2.29. The Morgan fingerprint density at radius 1 is 1.44 bits per heavy atom. The molecule has 2 amide bonds. The molecule has 84 valence electrons. The van der Waals surface area contributed by atoms with E-state index in [1.807, 2.05) is 0 Å². The van der Waals surface area contributed by atoms with E-state index in [2.05, 4.69) is 4.98 Å². The number of amides is 2. The average Bonchev–Trinajstić information content (AvgIpc) is 3.11. The molecule has 1 saturated carbocycles. The molecule has 1 aromatic rings. The standard InChI is InChI=1S/C11H13N3O2/c1-14(8-3-4-8)11(16)9-5-2-7(6-13-9)10(12)15/h2,5-6,8H,3-4H2,1H3,(H2,12,15). The van der Waals surface area contributed by atoms with Crippen LogP contribution in [0.4, 0.5) is 0 Å². The fourth-order valence-corrected chi connectivity index (χ4v) is 1.47. The van der Waals surface area contributed by atoms with Gasteiger partial charge >= 0.3 is 0 Å². The zero-order valence-electron chi connectivity index (χ0n) is 9.01. The minimum absolute atomic E-state index is 0.112. The number of hydrogen-bond donors (Lipinski definition) is 1. The van der Waals surface area contributed by atoms with Crippen LogP contribution in [0.5, 0.6) is 0 Å². The van der Waals surface area contributed by atoms with E-state index in [9.17, 15) is 9.59 Å². The summed E-state index contributed by atoms with van der Waals surface area (Å²) in [4.78, 5) is 28.3. The number of aromatic nitrogens is 1. The highest BCUT2D eigenvalue weighted by atomic mass is 16.2. The SMILES string of the molecule is CN(C(=O)c1ccc(C(N)=O)cn1)C1CC1. The fraction of sp³-hybridized carbons (Fsp3) is 0.364. The molecule has 1 aromatic heterocycles. The Balaban J connectivity index is 2.14. The third kappa shape index (κ3) is 2.03. The Morgan fingerprint density at radius 2 is 2.12 bits per heavy atom. The quantitative estimate of drug-likeness (QED) is 0.800. The van der Waals surface area contributed by atoms with E-state index in [0.717, 1.165) is 12.8 Å². The van der Waals surface area contributed by atoms with E-state index >= 15 is 0 Å². The van der Waals surface area contributed by atoms with Crippen LogP contribution in [0.25, 0.3) is 0 Å². The summed E-state index contributed by atoms with van der Waals surface area (Å²) < 4.78 is 0. The van der Waals surface area contributed by atoms with Crippen molar-refractivity contribution in [1.29, 1.82) is 0 Å². The van der Waals surface area contributed by atoms with Gasteiger partial charge < -0.3 is 10.6 Å². The van der Waals surface area contributed by atoms with Crippen molar-refractivity contribution < 1.29 is 9.59 Å². The predicted molar refractivity (Wildman–Crippen MR) is 57.9 cm³/mol. The second kappa shape index (κ2) is 3.92. The Bertz CT molecular complexity index is 423. The Kier molecular flexibility index (Phi) is 2.60. The topological polar surface area (TPSA) is 76.3 Å². The molecule has 0 atom stereocenters. The summed E-state index contributed by atoms with van der Waals surface area (Å²) in [5.41, 5.74) is 5.74. The summed E-state index contributed by atoms with van der Waals surface area (Å²) in [5.74, 6) is -0.652. The summed E-state index contributed by atoms with van der Waals surface area (Å²) in [6.45, 7) is 0. The number of carbonyl (C=O) groups is 2. The lowest BCUT2D eigenvalue weighted by atomic mass is 10.2. The molecule has 5 heteroatoms. The van der Waals surface area contributed by atoms with Crippen molar-refractivity contribution in [2.75, 3.05) is 7.05 Å². The predicted octanol–water partition coefficient (Wildman–Crippen LogP) is 0.415. The lowest BCUT2D eigenvalue weighted by molar-refractivity contribution is 0.0778. The van der Waals surface area contributed by atoms with E-state index in [0.29, 0.717) is 17.3 Å². The molecular weight excluding hydrogens is 206 g/mol. The van der Waals surface area contributed by atoms with E-state index in [1.54, 1.807) is 11.9 Å². The number of primary amides is 1. The Hall–Kier alpha value is -1.91. The van der Waals surface area contributed by atoms with Gasteiger partial charge in [0.1, 0.15) is 5.69 Å². The van der Waals surface area contributed by atoms with Gasteiger partial charge in [0, 0.05) is 19.3 Å². The van der Waals surface area contributed by atoms with Gasteiger partial charge in [-0.15, -0.1) is 0 Å². The maximum Gasteiger partial charge on any atom is 0.272 e. The van der Waals surface area contributed by atoms with Crippen LogP contribution in [0.1, 0.15) is 33.7 Å². The van der Waals surface area contributed by atoms with Crippen molar-refractivity contribution in [3.63, 3.8) is 0 Å². The number of pyridine rings is 1. The molecule has 1 fully saturated rings. The van der Waals surface area contributed by atoms with Gasteiger partial charge in [-0.3, -0.25) is 14.6 Å². The molecule has 1 heterocycles. The van der Waals surface area contributed by atoms with Crippen LogP contribution in [-0.4, -0.2) is 34.8 Å². The van der Waals surface area contributed by atoms with Gasteiger partial charge in [0.25, 0.3) is 5.91 Å². The molecule has 0 bridgehead atoms. The highest BCUT2D eigenvalue weighted by Crippen LogP contribution is 2.26. The Morgan fingerprint density at radius 3 is 2.56 bits per heavy atom. The number of carbonyl (C=O) groups excluding carboxylic acids is 2. The van der Waals surface area contributed by atoms with Crippen molar-refractivity contribution in [3.05, 3.63) is 29.6 Å². The van der Waals surface area contributed by atoms with E-state index in [-0.39, 0.29) is 5.91 Å². The van der Waals surface area contributed by atoms with Gasteiger partial charge in [0.05, 0.1) is 5.56 Å². The van der Waals surface area contributed by atoms with Crippen LogP contribution in [0.2, 0.25) is 0 Å². The number of hydrogen-bond acceptors (Lipinski definition) is 3. The monoisotopic (exact) mass is 219 g/mol. The molecule has 0 aliphatic heterocycles. The largest absolute Gasteiger partial charge is 0.366 e. The molecule has 1 aliphatic rings. The molecule has 0 saturated heterocycles. The number of rotatable bonds is 3. The second-order valence-electron chi connectivity index (χ2n) is 3.94. The summed E-state index contributed by atoms with van der Waals surface area (Å²) in [6, 6.07) is 3.40. The van der Waals surface area contributed by atoms with Crippen LogP contribution in [0.3, 0.4) is 0 Å². The normalized spacial score (nSPS) is 14.6. The van der Waals surface area contributed by atoms with Gasteiger partial charge in [-0.05, 0) is 25.0 Å². The summed E-state index contributed by atoms with van der Waals surface area (Å²) in [6.07, 6.45) is 3.44. The molecule has 0 aromatic carbocycles. The molecule has 2 rings (SSSR count). The molecule has 5 nitrogen and oxygen atoms in total. The smallest absolute Gasteiger partial charge is 0.272 e. The van der Waals surface area contributed by atoms with Gasteiger partial charge in [0.15, 0.2) is 0 Å². The van der Waals surface area contributed by atoms with Crippen LogP contribution in [0, 0.1) is 0 Å². The zero-order chi connectivity index (χ0) is 11.7. The maximum atomic E-state index is 11.9. The van der Waals surface area contributed by atoms with Crippen LogP contribution < -0.4 is 5.73 Å². The minimum Gasteiger partial charge on any atom is -0.366 e. The molecule has 0 spiro atoms. The van der Waals surface area contributed by atoms with Crippen LogP contribution in [0.15, 0.2) is 18.3 Å². The van der Waals surface area contributed by atoms with Crippen molar-refractivity contribution >= 4 is 11.8 Å². The van der Waals surface area contributed by atoms with E-state index in [1.165, 1.54) is 18.3 Å². The van der Waals surface area contributed by atoms with Crippen molar-refractivity contribution in [2.24, 2.45) is 5.73 Å². The third-order valence-electron chi connectivity index (χ3n) is 2.68. The molecule has 16 heavy (non-hydrogen) atoms. The van der Waals surface area contributed by atoms with Gasteiger partial charge in [-0.25, -0.2) is 0 Å². The highest BCUT2D eigenvalue weighted by molar-refractivity contribution is 5.95. The van der Waals surface area contributed by atoms with Gasteiger partial charge in [-0.1, -0.05) is 0 Å². The van der Waals surface area contributed by atoms with Gasteiger partial charge in [-0.2, -0.15) is 0 Å². The first-order chi connectivity index (χ1) is 7.59. The second-order valence-corrected chi connectivity index (χ2v) is 3.94. The van der Waals surface area contributed by atoms with Crippen molar-refractivity contribution in [2.45, 2.75) is 18.9 Å². The lowest BCUT2D eigenvalue weighted by Gasteiger charge is -2.15. The number of nitrogens with two attached hydrogens (primary N) is 1. The van der Waals surface area contributed by atoms with Crippen LogP contribution in [-0.2, 0) is 0 Å². The third-order valence-corrected chi connectivity index (χ3v) is 2.68. The Labute approximate surface area is 93.3 Å². The molecular formula is C11H13N3O2. The van der Waals surface area contributed by atoms with Crippen LogP contribution >= 0.6 is 0 Å².